The second-order valence-electron chi connectivity index (χ2n) is 5.03. The summed E-state index contributed by atoms with van der Waals surface area (Å²) < 4.78 is 1.83. The summed E-state index contributed by atoms with van der Waals surface area (Å²) in [7, 11) is 1.93. The van der Waals surface area contributed by atoms with Gasteiger partial charge in [-0.2, -0.15) is 5.10 Å². The van der Waals surface area contributed by atoms with E-state index in [1.54, 1.807) is 6.33 Å². The first-order valence-electron chi connectivity index (χ1n) is 6.68. The van der Waals surface area contributed by atoms with Crippen LogP contribution in [0.1, 0.15) is 30.3 Å². The highest BCUT2D eigenvalue weighted by molar-refractivity contribution is 5.55. The van der Waals surface area contributed by atoms with Crippen molar-refractivity contribution in [1.82, 2.24) is 14.8 Å². The van der Waals surface area contributed by atoms with Gasteiger partial charge in [0.05, 0.1) is 6.54 Å². The van der Waals surface area contributed by atoms with Gasteiger partial charge >= 0.3 is 0 Å². The van der Waals surface area contributed by atoms with E-state index in [0.29, 0.717) is 0 Å². The lowest BCUT2D eigenvalue weighted by atomic mass is 10.0. The molecule has 0 spiro atoms. The highest BCUT2D eigenvalue weighted by atomic mass is 15.3. The number of hydrogen-bond donors (Lipinski definition) is 1. The van der Waals surface area contributed by atoms with Crippen molar-refractivity contribution < 1.29 is 0 Å². The molecule has 2 heterocycles. The average Bonchev–Trinajstić information content (AvgIpc) is 2.75. The maximum Gasteiger partial charge on any atom is 0.146 e. The molecule has 1 atom stereocenters. The fraction of sp³-hybridized carbons (Fsp3) is 0.429. The molecule has 0 radical (unpaired) electrons. The van der Waals surface area contributed by atoms with E-state index >= 15 is 0 Å². The zero-order chi connectivity index (χ0) is 13.2. The van der Waals surface area contributed by atoms with E-state index in [-0.39, 0.29) is 6.04 Å². The Hall–Kier alpha value is -1.88. The zero-order valence-electron chi connectivity index (χ0n) is 11.2. The van der Waals surface area contributed by atoms with E-state index in [1.165, 1.54) is 11.3 Å². The Kier molecular flexibility index (Phi) is 3.21. The molecule has 3 rings (SSSR count). The molecule has 1 aliphatic rings. The van der Waals surface area contributed by atoms with Gasteiger partial charge in [-0.05, 0) is 24.5 Å². The van der Waals surface area contributed by atoms with Gasteiger partial charge in [0.1, 0.15) is 12.2 Å². The molecule has 5 nitrogen and oxygen atoms in total. The van der Waals surface area contributed by atoms with Gasteiger partial charge in [0.25, 0.3) is 0 Å². The normalized spacial score (nSPS) is 19.1. The van der Waals surface area contributed by atoms with Crippen molar-refractivity contribution in [2.24, 2.45) is 12.8 Å². The maximum absolute atomic E-state index is 6.25. The molecule has 100 valence electrons. The summed E-state index contributed by atoms with van der Waals surface area (Å²) in [4.78, 5) is 6.66. The van der Waals surface area contributed by atoms with Gasteiger partial charge in [-0.3, -0.25) is 4.68 Å². The van der Waals surface area contributed by atoms with E-state index < -0.39 is 0 Å². The monoisotopic (exact) mass is 257 g/mol. The van der Waals surface area contributed by atoms with Gasteiger partial charge < -0.3 is 10.6 Å². The van der Waals surface area contributed by atoms with E-state index in [4.69, 9.17) is 5.73 Å². The minimum Gasteiger partial charge on any atom is -0.364 e. The third-order valence-electron chi connectivity index (χ3n) is 3.76. The minimum atomic E-state index is 0.140. The number of para-hydroxylation sites is 1. The predicted octanol–water partition coefficient (Wildman–Crippen LogP) is 1.62. The van der Waals surface area contributed by atoms with E-state index in [0.717, 1.165) is 31.8 Å². The van der Waals surface area contributed by atoms with Crippen LogP contribution < -0.4 is 10.6 Å². The van der Waals surface area contributed by atoms with Crippen LogP contribution in [0.5, 0.6) is 0 Å². The van der Waals surface area contributed by atoms with Crippen LogP contribution in [-0.2, 0) is 13.6 Å². The van der Waals surface area contributed by atoms with Gasteiger partial charge in [-0.15, -0.1) is 0 Å². The molecule has 0 amide bonds. The molecule has 2 N–H and O–H groups in total. The van der Waals surface area contributed by atoms with Crippen molar-refractivity contribution in [3.8, 4) is 0 Å². The number of fused-ring (bicyclic) bond motifs is 1. The Morgan fingerprint density at radius 1 is 1.37 bits per heavy atom. The fourth-order valence-corrected chi connectivity index (χ4v) is 2.67. The molecule has 1 aliphatic heterocycles. The number of hydrogen-bond acceptors (Lipinski definition) is 4. The van der Waals surface area contributed by atoms with Crippen LogP contribution in [0.2, 0.25) is 0 Å². The highest BCUT2D eigenvalue weighted by Crippen LogP contribution is 2.31. The number of nitrogens with zero attached hydrogens (tertiary/aromatic N) is 4. The lowest BCUT2D eigenvalue weighted by Gasteiger charge is -2.24. The third kappa shape index (κ3) is 2.33. The fourth-order valence-electron chi connectivity index (χ4n) is 2.67. The first-order valence-corrected chi connectivity index (χ1v) is 6.68. The van der Waals surface area contributed by atoms with E-state index in [1.807, 2.05) is 11.7 Å². The van der Waals surface area contributed by atoms with Crippen LogP contribution >= 0.6 is 0 Å². The van der Waals surface area contributed by atoms with Gasteiger partial charge in [-0.25, -0.2) is 4.98 Å². The van der Waals surface area contributed by atoms with Gasteiger partial charge in [-0.1, -0.05) is 18.2 Å². The van der Waals surface area contributed by atoms with Crippen molar-refractivity contribution in [3.63, 3.8) is 0 Å². The van der Waals surface area contributed by atoms with Crippen molar-refractivity contribution in [3.05, 3.63) is 42.0 Å². The topological polar surface area (TPSA) is 60.0 Å². The van der Waals surface area contributed by atoms with Crippen LogP contribution in [0, 0.1) is 0 Å². The molecule has 0 aliphatic carbocycles. The lowest BCUT2D eigenvalue weighted by molar-refractivity contribution is 0.615. The predicted molar refractivity (Wildman–Crippen MR) is 74.7 cm³/mol. The molecule has 1 aromatic carbocycles. The van der Waals surface area contributed by atoms with Crippen LogP contribution in [0.25, 0.3) is 0 Å². The Morgan fingerprint density at radius 3 is 3.00 bits per heavy atom. The van der Waals surface area contributed by atoms with Gasteiger partial charge in [0, 0.05) is 25.3 Å². The molecular weight excluding hydrogens is 238 g/mol. The number of anilines is 1. The zero-order valence-corrected chi connectivity index (χ0v) is 11.2. The molecule has 5 heteroatoms. The molecule has 19 heavy (non-hydrogen) atoms. The highest BCUT2D eigenvalue weighted by Gasteiger charge is 2.20. The van der Waals surface area contributed by atoms with Crippen LogP contribution in [-0.4, -0.2) is 21.3 Å². The van der Waals surface area contributed by atoms with Crippen LogP contribution in [0.4, 0.5) is 5.69 Å². The first-order chi connectivity index (χ1) is 9.25. The van der Waals surface area contributed by atoms with E-state index in [9.17, 15) is 0 Å². The smallest absolute Gasteiger partial charge is 0.146 e. The number of aromatic nitrogens is 3. The van der Waals surface area contributed by atoms with Crippen LogP contribution in [0.3, 0.4) is 0 Å². The SMILES string of the molecule is Cn1ncnc1CN1CCCC(N)c2ccccc21. The molecular formula is C14H19N5. The second kappa shape index (κ2) is 5.01. The summed E-state index contributed by atoms with van der Waals surface area (Å²) in [6.45, 7) is 1.79. The van der Waals surface area contributed by atoms with Crippen LogP contribution in [0.15, 0.2) is 30.6 Å². The standard InChI is InChI=1S/C14H19N5/c1-18-14(16-10-17-18)9-19-8-4-6-12(15)11-5-2-3-7-13(11)19/h2-3,5,7,10,12H,4,6,8-9,15H2,1H3. The Balaban J connectivity index is 1.93. The summed E-state index contributed by atoms with van der Waals surface area (Å²) in [5.41, 5.74) is 8.72. The average molecular weight is 257 g/mol. The molecule has 0 bridgehead atoms. The van der Waals surface area contributed by atoms with Crippen molar-refractivity contribution >= 4 is 5.69 Å². The summed E-state index contributed by atoms with van der Waals surface area (Å²) >= 11 is 0. The number of aryl methyl sites for hydroxylation is 1. The molecule has 2 aromatic rings. The molecule has 0 saturated heterocycles. The summed E-state index contributed by atoms with van der Waals surface area (Å²) in [6, 6.07) is 8.55. The summed E-state index contributed by atoms with van der Waals surface area (Å²) in [6.07, 6.45) is 3.74. The van der Waals surface area contributed by atoms with Crippen molar-refractivity contribution in [2.75, 3.05) is 11.4 Å². The summed E-state index contributed by atoms with van der Waals surface area (Å²) in [5.74, 6) is 0.977. The van der Waals surface area contributed by atoms with Crippen molar-refractivity contribution in [1.29, 1.82) is 0 Å². The number of benzene rings is 1. The summed E-state index contributed by atoms with van der Waals surface area (Å²) in [5, 5.41) is 4.13. The first kappa shape index (κ1) is 12.2. The van der Waals surface area contributed by atoms with Crippen molar-refractivity contribution in [2.45, 2.75) is 25.4 Å². The largest absolute Gasteiger partial charge is 0.364 e. The molecule has 0 saturated carbocycles. The number of nitrogens with two attached hydrogens (primary N) is 1. The van der Waals surface area contributed by atoms with Gasteiger partial charge in [0.15, 0.2) is 0 Å². The molecule has 1 aromatic heterocycles. The quantitative estimate of drug-likeness (QED) is 0.888. The minimum absolute atomic E-state index is 0.140. The number of rotatable bonds is 2. The van der Waals surface area contributed by atoms with Gasteiger partial charge in [0.2, 0.25) is 0 Å². The second-order valence-corrected chi connectivity index (χ2v) is 5.03. The maximum atomic E-state index is 6.25. The third-order valence-corrected chi connectivity index (χ3v) is 3.76. The molecule has 0 fully saturated rings. The Morgan fingerprint density at radius 2 is 2.21 bits per heavy atom. The lowest BCUT2D eigenvalue weighted by Crippen LogP contribution is -2.25. The van der Waals surface area contributed by atoms with E-state index in [2.05, 4.69) is 39.2 Å². The Labute approximate surface area is 113 Å². The molecule has 1 unspecified atom stereocenters. The Bertz CT molecular complexity index is 562.